The van der Waals surface area contributed by atoms with E-state index < -0.39 is 5.97 Å². The van der Waals surface area contributed by atoms with Crippen LogP contribution in [0.2, 0.25) is 5.02 Å². The van der Waals surface area contributed by atoms with Gasteiger partial charge in [-0.15, -0.1) is 0 Å². The summed E-state index contributed by atoms with van der Waals surface area (Å²) >= 11 is 7.27. The molecule has 0 atom stereocenters. The zero-order chi connectivity index (χ0) is 28.2. The van der Waals surface area contributed by atoms with E-state index in [1.165, 1.54) is 17.3 Å². The van der Waals surface area contributed by atoms with Gasteiger partial charge in [-0.1, -0.05) is 23.7 Å². The standard InChI is InChI=1S/C29H38ClN3O5S/c1-22(2)38-19-18-33(27(34)21-39-20-12-28(35)36)26-9-5-24(6-10-26)29(37)32-16-14-31(15-17-32)13-11-23-3-7-25(30)8-4-23/h3-10,22H,11-21H2,1-2H3,(H,35,36). The second-order valence-corrected chi connectivity index (χ2v) is 11.3. The van der Waals surface area contributed by atoms with Crippen molar-refractivity contribution in [2.24, 2.45) is 0 Å². The van der Waals surface area contributed by atoms with Gasteiger partial charge in [0.25, 0.3) is 5.91 Å². The maximum absolute atomic E-state index is 13.2. The van der Waals surface area contributed by atoms with Gasteiger partial charge in [0.05, 0.1) is 24.9 Å². The Labute approximate surface area is 240 Å². The van der Waals surface area contributed by atoms with Gasteiger partial charge in [0, 0.05) is 61.3 Å². The average molecular weight is 576 g/mol. The largest absolute Gasteiger partial charge is 0.481 e. The van der Waals surface area contributed by atoms with Crippen molar-refractivity contribution < 1.29 is 24.2 Å². The SMILES string of the molecule is CC(C)OCCN(C(=O)CSCCC(=O)O)c1ccc(C(=O)N2CCN(CCc3ccc(Cl)cc3)CC2)cc1. The highest BCUT2D eigenvalue weighted by molar-refractivity contribution is 7.99. The molecule has 0 aromatic heterocycles. The van der Waals surface area contributed by atoms with E-state index in [2.05, 4.69) is 17.0 Å². The number of carboxylic acids is 1. The lowest BCUT2D eigenvalue weighted by molar-refractivity contribution is -0.136. The van der Waals surface area contributed by atoms with Crippen LogP contribution in [-0.2, 0) is 20.7 Å². The van der Waals surface area contributed by atoms with Crippen LogP contribution in [0.5, 0.6) is 0 Å². The summed E-state index contributed by atoms with van der Waals surface area (Å²) in [6, 6.07) is 15.1. The van der Waals surface area contributed by atoms with Gasteiger partial charge in [-0.25, -0.2) is 0 Å². The molecule has 0 saturated carbocycles. The summed E-state index contributed by atoms with van der Waals surface area (Å²) in [6.45, 7) is 8.58. The Morgan fingerprint density at radius 2 is 1.69 bits per heavy atom. The molecule has 39 heavy (non-hydrogen) atoms. The maximum atomic E-state index is 13.2. The Hall–Kier alpha value is -2.59. The summed E-state index contributed by atoms with van der Waals surface area (Å²) in [7, 11) is 0. The lowest BCUT2D eigenvalue weighted by atomic mass is 10.1. The Bertz CT molecular complexity index is 1070. The molecule has 10 heteroatoms. The molecule has 0 spiro atoms. The zero-order valence-corrected chi connectivity index (χ0v) is 24.3. The molecule has 1 aliphatic rings. The molecule has 2 aromatic carbocycles. The summed E-state index contributed by atoms with van der Waals surface area (Å²) in [5.41, 5.74) is 2.53. The second kappa shape index (κ2) is 15.9. The van der Waals surface area contributed by atoms with Gasteiger partial charge >= 0.3 is 5.97 Å². The third kappa shape index (κ3) is 10.5. The predicted octanol–water partition coefficient (Wildman–Crippen LogP) is 4.31. The number of nitrogens with zero attached hydrogens (tertiary/aromatic N) is 3. The van der Waals surface area contributed by atoms with Crippen LogP contribution in [-0.4, -0.2) is 96.2 Å². The lowest BCUT2D eigenvalue weighted by Crippen LogP contribution is -2.49. The average Bonchev–Trinajstić information content (AvgIpc) is 2.93. The molecule has 0 radical (unpaired) electrons. The molecular formula is C29H38ClN3O5S. The number of thioether (sulfide) groups is 1. The molecule has 0 unspecified atom stereocenters. The molecule has 3 rings (SSSR count). The van der Waals surface area contributed by atoms with Gasteiger partial charge in [0.15, 0.2) is 0 Å². The van der Waals surface area contributed by atoms with E-state index in [0.717, 1.165) is 31.1 Å². The van der Waals surface area contributed by atoms with E-state index >= 15 is 0 Å². The first-order chi connectivity index (χ1) is 18.7. The molecular weight excluding hydrogens is 538 g/mol. The number of carbonyl (C=O) groups excluding carboxylic acids is 2. The monoisotopic (exact) mass is 575 g/mol. The van der Waals surface area contributed by atoms with Crippen molar-refractivity contribution in [2.75, 3.05) is 62.3 Å². The molecule has 0 aliphatic carbocycles. The highest BCUT2D eigenvalue weighted by atomic mass is 35.5. The molecule has 2 aromatic rings. The maximum Gasteiger partial charge on any atom is 0.304 e. The van der Waals surface area contributed by atoms with Crippen LogP contribution >= 0.6 is 23.4 Å². The fraction of sp³-hybridized carbons (Fsp3) is 0.483. The van der Waals surface area contributed by atoms with Gasteiger partial charge in [-0.05, 0) is 62.2 Å². The highest BCUT2D eigenvalue weighted by Gasteiger charge is 2.23. The third-order valence-electron chi connectivity index (χ3n) is 6.47. The van der Waals surface area contributed by atoms with Crippen LogP contribution in [0.1, 0.15) is 36.2 Å². The number of carbonyl (C=O) groups is 3. The molecule has 1 heterocycles. The minimum atomic E-state index is -0.878. The van der Waals surface area contributed by atoms with Crippen LogP contribution in [0.3, 0.4) is 0 Å². The van der Waals surface area contributed by atoms with Crippen molar-refractivity contribution in [2.45, 2.75) is 32.8 Å². The summed E-state index contributed by atoms with van der Waals surface area (Å²) in [5, 5.41) is 9.57. The Morgan fingerprint density at radius 3 is 2.31 bits per heavy atom. The number of benzene rings is 2. The van der Waals surface area contributed by atoms with E-state index in [-0.39, 0.29) is 30.1 Å². The van der Waals surface area contributed by atoms with Crippen molar-refractivity contribution in [1.29, 1.82) is 0 Å². The van der Waals surface area contributed by atoms with E-state index in [9.17, 15) is 14.4 Å². The smallest absolute Gasteiger partial charge is 0.304 e. The number of amides is 2. The van der Waals surface area contributed by atoms with Crippen molar-refractivity contribution in [3.8, 4) is 0 Å². The van der Waals surface area contributed by atoms with E-state index in [4.69, 9.17) is 21.4 Å². The normalized spacial score (nSPS) is 14.0. The topological polar surface area (TPSA) is 90.4 Å². The minimum Gasteiger partial charge on any atom is -0.481 e. The number of aliphatic carboxylic acids is 1. The van der Waals surface area contributed by atoms with Crippen LogP contribution in [0, 0.1) is 0 Å². The molecule has 8 nitrogen and oxygen atoms in total. The lowest BCUT2D eigenvalue weighted by Gasteiger charge is -2.35. The summed E-state index contributed by atoms with van der Waals surface area (Å²) in [6.07, 6.45) is 1.01. The zero-order valence-electron chi connectivity index (χ0n) is 22.7. The second-order valence-electron chi connectivity index (χ2n) is 9.72. The first-order valence-corrected chi connectivity index (χ1v) is 14.8. The Balaban J connectivity index is 1.53. The summed E-state index contributed by atoms with van der Waals surface area (Å²) < 4.78 is 5.65. The van der Waals surface area contributed by atoms with Crippen molar-refractivity contribution >= 4 is 46.8 Å². The van der Waals surface area contributed by atoms with Gasteiger partial charge < -0.3 is 19.6 Å². The molecule has 0 bridgehead atoms. The molecule has 1 N–H and O–H groups in total. The van der Waals surface area contributed by atoms with Gasteiger partial charge in [-0.3, -0.25) is 19.3 Å². The van der Waals surface area contributed by atoms with E-state index in [0.29, 0.717) is 43.2 Å². The fourth-order valence-corrected chi connectivity index (χ4v) is 5.17. The molecule has 212 valence electrons. The van der Waals surface area contributed by atoms with Gasteiger partial charge in [0.2, 0.25) is 5.91 Å². The van der Waals surface area contributed by atoms with Gasteiger partial charge in [-0.2, -0.15) is 11.8 Å². The number of hydrogen-bond donors (Lipinski definition) is 1. The number of rotatable bonds is 14. The van der Waals surface area contributed by atoms with Crippen LogP contribution in [0.25, 0.3) is 0 Å². The fourth-order valence-electron chi connectivity index (χ4n) is 4.25. The number of ether oxygens (including phenoxy) is 1. The van der Waals surface area contributed by atoms with Gasteiger partial charge in [0.1, 0.15) is 0 Å². The Kier molecular flexibility index (Phi) is 12.6. The number of halogens is 1. The molecule has 1 fully saturated rings. The van der Waals surface area contributed by atoms with Crippen molar-refractivity contribution in [3.63, 3.8) is 0 Å². The molecule has 2 amide bonds. The third-order valence-corrected chi connectivity index (χ3v) is 7.66. The first kappa shape index (κ1) is 30.9. The number of piperazine rings is 1. The summed E-state index contributed by atoms with van der Waals surface area (Å²) in [5.74, 6) is -0.454. The molecule has 1 aliphatic heterocycles. The predicted molar refractivity (Wildman–Crippen MR) is 157 cm³/mol. The minimum absolute atomic E-state index is 0.0101. The molecule has 1 saturated heterocycles. The van der Waals surface area contributed by atoms with E-state index in [1.54, 1.807) is 29.2 Å². The van der Waals surface area contributed by atoms with Crippen LogP contribution in [0.4, 0.5) is 5.69 Å². The van der Waals surface area contributed by atoms with Crippen molar-refractivity contribution in [3.05, 3.63) is 64.7 Å². The quantitative estimate of drug-likeness (QED) is 0.336. The van der Waals surface area contributed by atoms with Crippen molar-refractivity contribution in [1.82, 2.24) is 9.80 Å². The Morgan fingerprint density at radius 1 is 1.03 bits per heavy atom. The summed E-state index contributed by atoms with van der Waals surface area (Å²) in [4.78, 5) is 42.7. The number of hydrogen-bond acceptors (Lipinski definition) is 6. The van der Waals surface area contributed by atoms with E-state index in [1.807, 2.05) is 30.9 Å². The first-order valence-electron chi connectivity index (χ1n) is 13.3. The van der Waals surface area contributed by atoms with Crippen LogP contribution in [0.15, 0.2) is 48.5 Å². The number of carboxylic acid groups (broad SMARTS) is 1. The van der Waals surface area contributed by atoms with Crippen LogP contribution < -0.4 is 4.90 Å². The highest BCUT2D eigenvalue weighted by Crippen LogP contribution is 2.19. The number of anilines is 1.